The standard InChI is InChI=1S/C62H74FN11O6S/c1-6-40-8-7-9-43-24-46(75)25-48(54(40)43)56-55(63)57-49(28-64-56)59(73-31-44-16-17-45(32-73)67-44)69-62(68-57)79-23-22-71-20-18-38(19-21-71)10-11-39-29-72(30-39)52-27-51(80-70-52)53(35(2)3)61(78)74-33-47(76)26-50(74)60(77)66-36(4)41-12-14-42(15-13-41)58-37(5)65-34-81-58/h7-9,12-15,24-25,27-28,34-36,38-39,44-45,47,50,53,67,75-76H,6,10-11,16-23,26,29-33H2,1-5H3,(H,66,77)/t36?,44?,45?,47-,50+,53?/m1/s1. The molecule has 81 heavy (non-hydrogen) atoms. The van der Waals surface area contributed by atoms with E-state index in [1.54, 1.807) is 29.7 Å². The molecule has 7 aromatic rings. The van der Waals surface area contributed by atoms with Gasteiger partial charge in [0.15, 0.2) is 17.4 Å². The molecule has 17 nitrogen and oxygen atoms in total. The van der Waals surface area contributed by atoms with Crippen LogP contribution in [0.1, 0.15) is 107 Å². The second kappa shape index (κ2) is 23.2. The largest absolute Gasteiger partial charge is 0.508 e. The molecule has 5 aliphatic rings. The van der Waals surface area contributed by atoms with E-state index in [0.29, 0.717) is 59.6 Å². The Balaban J connectivity index is 0.624. The smallest absolute Gasteiger partial charge is 0.319 e. The number of anilines is 2. The fraction of sp³-hybridized carbons (Fsp3) is 0.500. The van der Waals surface area contributed by atoms with Gasteiger partial charge in [-0.3, -0.25) is 19.5 Å². The summed E-state index contributed by atoms with van der Waals surface area (Å²) < 4.78 is 29.4. The number of pyridine rings is 1. The number of likely N-dealkylation sites (tertiary alicyclic amines) is 2. The predicted molar refractivity (Wildman–Crippen MR) is 312 cm³/mol. The maximum absolute atomic E-state index is 17.1. The van der Waals surface area contributed by atoms with Gasteiger partial charge in [0.05, 0.1) is 33.6 Å². The highest BCUT2D eigenvalue weighted by Gasteiger charge is 2.44. The van der Waals surface area contributed by atoms with Crippen molar-refractivity contribution in [2.75, 3.05) is 68.8 Å². The molecular formula is C62H74FN11O6S. The number of fused-ring (bicyclic) bond motifs is 4. The number of aromatic nitrogens is 5. The molecule has 0 aliphatic carbocycles. The lowest BCUT2D eigenvalue weighted by Gasteiger charge is -2.40. The van der Waals surface area contributed by atoms with Gasteiger partial charge in [0, 0.05) is 75.6 Å². The molecule has 0 saturated carbocycles. The number of nitrogens with one attached hydrogen (secondary N) is 2. The summed E-state index contributed by atoms with van der Waals surface area (Å²) in [4.78, 5) is 56.5. The minimum atomic E-state index is -0.812. The van der Waals surface area contributed by atoms with Crippen molar-refractivity contribution in [1.82, 2.24) is 45.5 Å². The van der Waals surface area contributed by atoms with E-state index in [2.05, 4.69) is 42.4 Å². The van der Waals surface area contributed by atoms with Gasteiger partial charge < -0.3 is 44.8 Å². The number of rotatable bonds is 18. The van der Waals surface area contributed by atoms with E-state index < -0.39 is 23.9 Å². The van der Waals surface area contributed by atoms with E-state index in [0.717, 1.165) is 128 Å². The van der Waals surface area contributed by atoms with Crippen LogP contribution in [0.3, 0.4) is 0 Å². The van der Waals surface area contributed by atoms with Crippen LogP contribution in [0, 0.1) is 30.5 Å². The average Bonchev–Trinajstić information content (AvgIpc) is 4.37. The number of aliphatic hydroxyl groups excluding tert-OH is 1. The molecule has 4 N–H and O–H groups in total. The Labute approximate surface area is 476 Å². The number of piperidine rings is 1. The molecule has 12 rings (SSSR count). The number of benzene rings is 3. The maximum Gasteiger partial charge on any atom is 0.319 e. The topological polar surface area (TPSA) is 198 Å². The third-order valence-corrected chi connectivity index (χ3v) is 18.8. The second-order valence-corrected chi connectivity index (χ2v) is 24.6. The van der Waals surface area contributed by atoms with Gasteiger partial charge in [-0.05, 0) is 129 Å². The highest BCUT2D eigenvalue weighted by molar-refractivity contribution is 7.13. The second-order valence-electron chi connectivity index (χ2n) is 23.7. The van der Waals surface area contributed by atoms with E-state index in [1.165, 1.54) is 4.90 Å². The number of phenolic OH excluding ortho intramolecular Hbond substituents is 1. The van der Waals surface area contributed by atoms with Crippen LogP contribution < -0.4 is 25.2 Å². The highest BCUT2D eigenvalue weighted by Crippen LogP contribution is 2.41. The number of hydrogen-bond donors (Lipinski definition) is 4. The van der Waals surface area contributed by atoms with Crippen LogP contribution in [0.4, 0.5) is 16.0 Å². The maximum atomic E-state index is 17.1. The number of aliphatic hydroxyl groups is 1. The Kier molecular flexibility index (Phi) is 15.7. The summed E-state index contributed by atoms with van der Waals surface area (Å²) in [6.07, 6.45) is 8.47. The molecule has 5 saturated heterocycles. The Morgan fingerprint density at radius 2 is 1.69 bits per heavy atom. The predicted octanol–water partition coefficient (Wildman–Crippen LogP) is 9.20. The monoisotopic (exact) mass is 1120 g/mol. The fourth-order valence-corrected chi connectivity index (χ4v) is 14.1. The van der Waals surface area contributed by atoms with Gasteiger partial charge >= 0.3 is 6.01 Å². The Bertz CT molecular complexity index is 3400. The van der Waals surface area contributed by atoms with Gasteiger partial charge in [-0.1, -0.05) is 68.4 Å². The number of hydrogen-bond acceptors (Lipinski definition) is 16. The molecule has 3 aromatic carbocycles. The number of amides is 2. The number of carbonyl (C=O) groups is 2. The molecule has 4 aromatic heterocycles. The number of nitrogens with zero attached hydrogens (tertiary/aromatic N) is 9. The molecular weight excluding hydrogens is 1050 g/mol. The molecule has 2 bridgehead atoms. The number of thiazole rings is 1. The van der Waals surface area contributed by atoms with Crippen molar-refractivity contribution in [2.45, 2.75) is 122 Å². The molecule has 19 heteroatoms. The van der Waals surface area contributed by atoms with Crippen molar-refractivity contribution in [1.29, 1.82) is 0 Å². The lowest BCUT2D eigenvalue weighted by Crippen LogP contribution is -2.51. The van der Waals surface area contributed by atoms with Crippen LogP contribution in [0.15, 0.2) is 76.9 Å². The quantitative estimate of drug-likeness (QED) is 0.0634. The number of aromatic hydroxyl groups is 1. The summed E-state index contributed by atoms with van der Waals surface area (Å²) in [6.45, 7) is 16.3. The molecule has 4 unspecified atom stereocenters. The van der Waals surface area contributed by atoms with Gasteiger partial charge in [-0.25, -0.2) is 9.37 Å². The SMILES string of the molecule is CCc1cccc2cc(O)cc(-c3ncc4c(N5CC6CCC(C5)N6)nc(OCCN5CCC(CCC6CN(c7cc(C(C(=O)N8C[C@H](O)C[C@H]8C(=O)NC(C)c8ccc(-c9scnc9C)cc8)C(C)C)on7)C6)CC5)nc4c3F)c12. The number of β-amino-alcohol motifs (C(OH)–C–C–N with tert-alkyl or cyclic N) is 1. The van der Waals surface area contributed by atoms with Crippen molar-refractivity contribution in [2.24, 2.45) is 17.8 Å². The average molecular weight is 1120 g/mol. The first-order valence-electron chi connectivity index (χ1n) is 29.2. The summed E-state index contributed by atoms with van der Waals surface area (Å²) in [5.41, 5.74) is 6.71. The third-order valence-electron chi connectivity index (χ3n) is 17.9. The molecule has 9 heterocycles. The lowest BCUT2D eigenvalue weighted by atomic mass is 9.86. The van der Waals surface area contributed by atoms with E-state index in [-0.39, 0.29) is 59.7 Å². The summed E-state index contributed by atoms with van der Waals surface area (Å²) in [6, 6.07) is 18.9. The Hall–Kier alpha value is -6.80. The van der Waals surface area contributed by atoms with Crippen LogP contribution in [0.25, 0.3) is 43.4 Å². The van der Waals surface area contributed by atoms with Gasteiger partial charge in [-0.2, -0.15) is 9.97 Å². The first-order valence-corrected chi connectivity index (χ1v) is 30.1. The van der Waals surface area contributed by atoms with Crippen LogP contribution in [-0.2, 0) is 16.0 Å². The first-order chi connectivity index (χ1) is 39.2. The van der Waals surface area contributed by atoms with Crippen molar-refractivity contribution in [3.63, 3.8) is 0 Å². The van der Waals surface area contributed by atoms with Crippen LogP contribution in [0.2, 0.25) is 0 Å². The highest BCUT2D eigenvalue weighted by atomic mass is 32.1. The summed E-state index contributed by atoms with van der Waals surface area (Å²) in [5.74, 6) is 1.15. The molecule has 2 amide bonds. The van der Waals surface area contributed by atoms with Crippen LogP contribution in [0.5, 0.6) is 11.8 Å². The summed E-state index contributed by atoms with van der Waals surface area (Å²) >= 11 is 1.60. The Morgan fingerprint density at radius 3 is 2.42 bits per heavy atom. The first kappa shape index (κ1) is 54.8. The number of aryl methyl sites for hydroxylation is 2. The number of phenols is 1. The van der Waals surface area contributed by atoms with E-state index in [9.17, 15) is 19.8 Å². The van der Waals surface area contributed by atoms with E-state index in [1.807, 2.05) is 81.7 Å². The molecule has 426 valence electrons. The molecule has 0 radical (unpaired) electrons. The number of halogens is 1. The van der Waals surface area contributed by atoms with Gasteiger partial charge in [-0.15, -0.1) is 11.3 Å². The van der Waals surface area contributed by atoms with Crippen molar-refractivity contribution >= 4 is 56.5 Å². The summed E-state index contributed by atoms with van der Waals surface area (Å²) in [7, 11) is 0. The fourth-order valence-electron chi connectivity index (χ4n) is 13.3. The molecule has 6 atom stereocenters. The minimum absolute atomic E-state index is 0.0466. The number of carbonyl (C=O) groups excluding carboxylic acids is 2. The Morgan fingerprint density at radius 1 is 0.926 bits per heavy atom. The van der Waals surface area contributed by atoms with Gasteiger partial charge in [0.2, 0.25) is 11.8 Å². The van der Waals surface area contributed by atoms with Crippen molar-refractivity contribution in [3.8, 4) is 33.5 Å². The molecule has 5 fully saturated rings. The normalized spacial score (nSPS) is 21.6. The van der Waals surface area contributed by atoms with Crippen molar-refractivity contribution in [3.05, 3.63) is 101 Å². The number of piperazine rings is 1. The zero-order chi connectivity index (χ0) is 56.1. The molecule has 0 spiro atoms. The lowest BCUT2D eigenvalue weighted by molar-refractivity contribution is -0.141. The minimum Gasteiger partial charge on any atom is -0.508 e. The zero-order valence-corrected chi connectivity index (χ0v) is 47.8. The van der Waals surface area contributed by atoms with E-state index >= 15 is 4.39 Å². The third kappa shape index (κ3) is 11.3. The molecule has 5 aliphatic heterocycles. The van der Waals surface area contributed by atoms with Crippen LogP contribution in [-0.4, -0.2) is 140 Å². The summed E-state index contributed by atoms with van der Waals surface area (Å²) in [5, 5.41) is 35.0. The van der Waals surface area contributed by atoms with Crippen molar-refractivity contribution < 1.29 is 33.5 Å². The van der Waals surface area contributed by atoms with Gasteiger partial charge in [0.25, 0.3) is 0 Å². The van der Waals surface area contributed by atoms with E-state index in [4.69, 9.17) is 24.2 Å². The van der Waals surface area contributed by atoms with Crippen LogP contribution >= 0.6 is 11.3 Å². The van der Waals surface area contributed by atoms with Gasteiger partial charge in [0.1, 0.15) is 41.3 Å². The zero-order valence-electron chi connectivity index (χ0n) is 47.0. The number of ether oxygens (including phenoxy) is 1.